The first-order valence-corrected chi connectivity index (χ1v) is 6.43. The molecule has 1 aliphatic rings. The van der Waals surface area contributed by atoms with Gasteiger partial charge in [-0.05, 0) is 24.3 Å². The van der Waals surface area contributed by atoms with Gasteiger partial charge in [0.25, 0.3) is 0 Å². The fraction of sp³-hybridized carbons (Fsp3) is 0.500. The Morgan fingerprint density at radius 3 is 2.56 bits per heavy atom. The molecule has 1 saturated heterocycles. The van der Waals surface area contributed by atoms with E-state index in [1.807, 2.05) is 0 Å². The standard InChI is InChI=1S/C12H17BrN2O/c13-11-1-3-12(4-2-11)14-5-6-15-7-9-16-10-8-15/h1-4,14H,5-10H2. The molecule has 0 bridgehead atoms. The number of nitrogens with zero attached hydrogens (tertiary/aromatic N) is 1. The molecule has 0 atom stereocenters. The van der Waals surface area contributed by atoms with E-state index in [1.165, 1.54) is 5.69 Å². The van der Waals surface area contributed by atoms with Crippen LogP contribution in [0.15, 0.2) is 28.7 Å². The van der Waals surface area contributed by atoms with Crippen molar-refractivity contribution in [2.75, 3.05) is 44.7 Å². The van der Waals surface area contributed by atoms with Gasteiger partial charge >= 0.3 is 0 Å². The summed E-state index contributed by atoms with van der Waals surface area (Å²) in [6, 6.07) is 8.28. The lowest BCUT2D eigenvalue weighted by atomic mass is 10.3. The average molecular weight is 285 g/mol. The van der Waals surface area contributed by atoms with E-state index < -0.39 is 0 Å². The van der Waals surface area contributed by atoms with Gasteiger partial charge in [-0.3, -0.25) is 4.90 Å². The Morgan fingerprint density at radius 2 is 1.88 bits per heavy atom. The summed E-state index contributed by atoms with van der Waals surface area (Å²) >= 11 is 3.43. The summed E-state index contributed by atoms with van der Waals surface area (Å²) in [5.74, 6) is 0. The highest BCUT2D eigenvalue weighted by Crippen LogP contribution is 2.13. The van der Waals surface area contributed by atoms with Crippen molar-refractivity contribution in [3.8, 4) is 0 Å². The predicted octanol–water partition coefficient (Wildman–Crippen LogP) is 2.19. The number of hydrogen-bond acceptors (Lipinski definition) is 3. The van der Waals surface area contributed by atoms with Crippen LogP contribution in [0.5, 0.6) is 0 Å². The lowest BCUT2D eigenvalue weighted by molar-refractivity contribution is 0.0398. The molecule has 2 rings (SSSR count). The maximum absolute atomic E-state index is 5.31. The molecule has 0 amide bonds. The normalized spacial score (nSPS) is 17.3. The third-order valence-electron chi connectivity index (χ3n) is 2.71. The fourth-order valence-corrected chi connectivity index (χ4v) is 2.02. The number of halogens is 1. The molecule has 0 aliphatic carbocycles. The monoisotopic (exact) mass is 284 g/mol. The van der Waals surface area contributed by atoms with Gasteiger partial charge in [-0.25, -0.2) is 0 Å². The van der Waals surface area contributed by atoms with Gasteiger partial charge in [-0.15, -0.1) is 0 Å². The molecule has 0 spiro atoms. The minimum atomic E-state index is 0.873. The molecule has 4 heteroatoms. The second-order valence-corrected chi connectivity index (χ2v) is 4.80. The van der Waals surface area contributed by atoms with Gasteiger partial charge in [-0.2, -0.15) is 0 Å². The maximum Gasteiger partial charge on any atom is 0.0594 e. The second kappa shape index (κ2) is 6.23. The Balaban J connectivity index is 1.69. The summed E-state index contributed by atoms with van der Waals surface area (Å²) in [7, 11) is 0. The van der Waals surface area contributed by atoms with Gasteiger partial charge in [0, 0.05) is 36.3 Å². The van der Waals surface area contributed by atoms with Crippen LogP contribution in [-0.2, 0) is 4.74 Å². The summed E-state index contributed by atoms with van der Waals surface area (Å²) in [5.41, 5.74) is 1.18. The van der Waals surface area contributed by atoms with Crippen LogP contribution < -0.4 is 5.32 Å². The molecule has 88 valence electrons. The number of hydrogen-bond donors (Lipinski definition) is 1. The highest BCUT2D eigenvalue weighted by Gasteiger charge is 2.08. The number of nitrogens with one attached hydrogen (secondary N) is 1. The molecular formula is C12H17BrN2O. The van der Waals surface area contributed by atoms with Crippen molar-refractivity contribution in [1.29, 1.82) is 0 Å². The van der Waals surface area contributed by atoms with Gasteiger partial charge in [0.2, 0.25) is 0 Å². The lowest BCUT2D eigenvalue weighted by Gasteiger charge is -2.26. The van der Waals surface area contributed by atoms with Crippen molar-refractivity contribution in [1.82, 2.24) is 4.90 Å². The van der Waals surface area contributed by atoms with Crippen molar-refractivity contribution in [2.45, 2.75) is 0 Å². The molecule has 3 nitrogen and oxygen atoms in total. The molecule has 1 fully saturated rings. The van der Waals surface area contributed by atoms with Crippen LogP contribution in [-0.4, -0.2) is 44.3 Å². The molecule has 0 aromatic heterocycles. The molecular weight excluding hydrogens is 268 g/mol. The highest BCUT2D eigenvalue weighted by atomic mass is 79.9. The topological polar surface area (TPSA) is 24.5 Å². The molecule has 0 radical (unpaired) electrons. The third kappa shape index (κ3) is 3.77. The van der Waals surface area contributed by atoms with Crippen LogP contribution in [0.3, 0.4) is 0 Å². The first-order chi connectivity index (χ1) is 7.84. The number of morpholine rings is 1. The van der Waals surface area contributed by atoms with Crippen LogP contribution in [0.4, 0.5) is 5.69 Å². The zero-order chi connectivity index (χ0) is 11.2. The lowest BCUT2D eigenvalue weighted by Crippen LogP contribution is -2.38. The van der Waals surface area contributed by atoms with E-state index in [4.69, 9.17) is 4.74 Å². The van der Waals surface area contributed by atoms with Crippen molar-refractivity contribution < 1.29 is 4.74 Å². The summed E-state index contributed by atoms with van der Waals surface area (Å²) in [6.45, 7) is 5.93. The van der Waals surface area contributed by atoms with Crippen molar-refractivity contribution in [3.05, 3.63) is 28.7 Å². The van der Waals surface area contributed by atoms with E-state index >= 15 is 0 Å². The van der Waals surface area contributed by atoms with E-state index in [0.717, 1.165) is 43.9 Å². The summed E-state index contributed by atoms with van der Waals surface area (Å²) in [6.07, 6.45) is 0. The van der Waals surface area contributed by atoms with Gasteiger partial charge in [0.15, 0.2) is 0 Å². The fourth-order valence-electron chi connectivity index (χ4n) is 1.75. The Hall–Kier alpha value is -0.580. The predicted molar refractivity (Wildman–Crippen MR) is 69.9 cm³/mol. The quantitative estimate of drug-likeness (QED) is 0.918. The van der Waals surface area contributed by atoms with E-state index in [-0.39, 0.29) is 0 Å². The zero-order valence-corrected chi connectivity index (χ0v) is 10.9. The minimum Gasteiger partial charge on any atom is -0.384 e. The van der Waals surface area contributed by atoms with E-state index in [2.05, 4.69) is 50.4 Å². The summed E-state index contributed by atoms with van der Waals surface area (Å²) in [4.78, 5) is 2.43. The molecule has 0 unspecified atom stereocenters. The van der Waals surface area contributed by atoms with Gasteiger partial charge in [-0.1, -0.05) is 15.9 Å². The van der Waals surface area contributed by atoms with E-state index in [1.54, 1.807) is 0 Å². The van der Waals surface area contributed by atoms with Crippen molar-refractivity contribution >= 4 is 21.6 Å². The Labute approximate surface area is 105 Å². The van der Waals surface area contributed by atoms with Crippen molar-refractivity contribution in [3.63, 3.8) is 0 Å². The van der Waals surface area contributed by atoms with Crippen LogP contribution in [0.25, 0.3) is 0 Å². The number of benzene rings is 1. The maximum atomic E-state index is 5.31. The molecule has 1 aliphatic heterocycles. The first kappa shape index (κ1) is 11.9. The minimum absolute atomic E-state index is 0.873. The van der Waals surface area contributed by atoms with Crippen LogP contribution >= 0.6 is 15.9 Å². The smallest absolute Gasteiger partial charge is 0.0594 e. The molecule has 1 aromatic rings. The van der Waals surface area contributed by atoms with Crippen molar-refractivity contribution in [2.24, 2.45) is 0 Å². The molecule has 1 heterocycles. The second-order valence-electron chi connectivity index (χ2n) is 3.89. The van der Waals surface area contributed by atoms with Gasteiger partial charge < -0.3 is 10.1 Å². The van der Waals surface area contributed by atoms with Crippen LogP contribution in [0.2, 0.25) is 0 Å². The molecule has 1 N–H and O–H groups in total. The van der Waals surface area contributed by atoms with E-state index in [9.17, 15) is 0 Å². The molecule has 16 heavy (non-hydrogen) atoms. The average Bonchev–Trinajstić information content (AvgIpc) is 2.33. The number of rotatable bonds is 4. The Kier molecular flexibility index (Phi) is 4.63. The highest BCUT2D eigenvalue weighted by molar-refractivity contribution is 9.10. The Morgan fingerprint density at radius 1 is 1.19 bits per heavy atom. The van der Waals surface area contributed by atoms with Gasteiger partial charge in [0.1, 0.15) is 0 Å². The first-order valence-electron chi connectivity index (χ1n) is 5.64. The summed E-state index contributed by atoms with van der Waals surface area (Å²) < 4.78 is 6.43. The Bertz CT molecular complexity index is 309. The number of anilines is 1. The zero-order valence-electron chi connectivity index (χ0n) is 9.29. The molecule has 0 saturated carbocycles. The largest absolute Gasteiger partial charge is 0.384 e. The van der Waals surface area contributed by atoms with Gasteiger partial charge in [0.05, 0.1) is 13.2 Å². The number of ether oxygens (including phenoxy) is 1. The van der Waals surface area contributed by atoms with E-state index in [0.29, 0.717) is 0 Å². The van der Waals surface area contributed by atoms with Crippen LogP contribution in [0.1, 0.15) is 0 Å². The SMILES string of the molecule is Brc1ccc(NCCN2CCOCC2)cc1. The third-order valence-corrected chi connectivity index (χ3v) is 3.23. The van der Waals surface area contributed by atoms with Crippen LogP contribution in [0, 0.1) is 0 Å². The summed E-state index contributed by atoms with van der Waals surface area (Å²) in [5, 5.41) is 3.42. The molecule has 1 aromatic carbocycles.